The average Bonchev–Trinajstić information content (AvgIpc) is 2.24. The fraction of sp³-hybridized carbons (Fsp3) is 1.00. The van der Waals surface area contributed by atoms with Gasteiger partial charge in [0.05, 0.1) is 12.7 Å². The van der Waals surface area contributed by atoms with E-state index in [0.29, 0.717) is 23.9 Å². The molecular formula is C12H25ClN2O. The van der Waals surface area contributed by atoms with Crippen LogP contribution in [0.25, 0.3) is 0 Å². The summed E-state index contributed by atoms with van der Waals surface area (Å²) < 4.78 is 5.70. The van der Waals surface area contributed by atoms with Crippen molar-refractivity contribution in [3.63, 3.8) is 0 Å². The van der Waals surface area contributed by atoms with Crippen molar-refractivity contribution < 1.29 is 4.74 Å². The molecular weight excluding hydrogens is 224 g/mol. The second-order valence-corrected chi connectivity index (χ2v) is 5.45. The predicted octanol–water partition coefficient (Wildman–Crippen LogP) is 1.56. The van der Waals surface area contributed by atoms with E-state index >= 15 is 0 Å². The summed E-state index contributed by atoms with van der Waals surface area (Å²) in [4.78, 5) is 2.31. The van der Waals surface area contributed by atoms with Gasteiger partial charge in [0.1, 0.15) is 0 Å². The lowest BCUT2D eigenvalue weighted by atomic mass is 10.1. The molecule has 2 unspecified atom stereocenters. The quantitative estimate of drug-likeness (QED) is 0.722. The Labute approximate surface area is 104 Å². The molecule has 1 N–H and O–H groups in total. The molecule has 96 valence electrons. The van der Waals surface area contributed by atoms with Gasteiger partial charge < -0.3 is 15.0 Å². The smallest absolute Gasteiger partial charge is 0.0826 e. The summed E-state index contributed by atoms with van der Waals surface area (Å²) in [7, 11) is 2.14. The van der Waals surface area contributed by atoms with Crippen LogP contribution < -0.4 is 5.32 Å². The van der Waals surface area contributed by atoms with Crippen LogP contribution in [-0.4, -0.2) is 56.2 Å². The Hall–Kier alpha value is 0.170. The lowest BCUT2D eigenvalue weighted by Crippen LogP contribution is -2.47. The molecule has 0 aliphatic carbocycles. The molecule has 0 aromatic rings. The number of morpholine rings is 1. The summed E-state index contributed by atoms with van der Waals surface area (Å²) in [6.45, 7) is 8.27. The standard InChI is InChI=1S/C12H25ClN2O/c1-10(2)6-11(7-13)14-8-12-9-15(3)4-5-16-12/h10-12,14H,4-9H2,1-3H3. The van der Waals surface area contributed by atoms with Gasteiger partial charge in [-0.3, -0.25) is 0 Å². The van der Waals surface area contributed by atoms with E-state index in [2.05, 4.69) is 31.1 Å². The largest absolute Gasteiger partial charge is 0.374 e. The van der Waals surface area contributed by atoms with E-state index in [9.17, 15) is 0 Å². The van der Waals surface area contributed by atoms with Crippen LogP contribution in [0.15, 0.2) is 0 Å². The summed E-state index contributed by atoms with van der Waals surface area (Å²) in [6.07, 6.45) is 1.45. The number of hydrogen-bond donors (Lipinski definition) is 1. The molecule has 1 aliphatic heterocycles. The molecule has 1 heterocycles. The minimum atomic E-state index is 0.316. The molecule has 0 spiro atoms. The molecule has 1 saturated heterocycles. The summed E-state index contributed by atoms with van der Waals surface area (Å²) in [5.41, 5.74) is 0. The van der Waals surface area contributed by atoms with Crippen molar-refractivity contribution >= 4 is 11.6 Å². The molecule has 1 rings (SSSR count). The lowest BCUT2D eigenvalue weighted by molar-refractivity contribution is -0.0192. The SMILES string of the molecule is CC(C)CC(CCl)NCC1CN(C)CCO1. The molecule has 0 aromatic heterocycles. The van der Waals surface area contributed by atoms with E-state index < -0.39 is 0 Å². The zero-order valence-corrected chi connectivity index (χ0v) is 11.5. The zero-order valence-electron chi connectivity index (χ0n) is 10.7. The van der Waals surface area contributed by atoms with E-state index in [1.165, 1.54) is 0 Å². The normalized spacial score (nSPS) is 24.9. The lowest BCUT2D eigenvalue weighted by Gasteiger charge is -2.31. The Morgan fingerprint density at radius 1 is 1.50 bits per heavy atom. The van der Waals surface area contributed by atoms with E-state index in [-0.39, 0.29) is 0 Å². The highest BCUT2D eigenvalue weighted by atomic mass is 35.5. The van der Waals surface area contributed by atoms with E-state index in [1.807, 2.05) is 0 Å². The molecule has 0 aromatic carbocycles. The molecule has 2 atom stereocenters. The fourth-order valence-electron chi connectivity index (χ4n) is 2.06. The molecule has 3 nitrogen and oxygen atoms in total. The van der Waals surface area contributed by atoms with Gasteiger partial charge in [-0.05, 0) is 19.4 Å². The number of halogens is 1. The van der Waals surface area contributed by atoms with Gasteiger partial charge in [-0.15, -0.1) is 11.6 Å². The van der Waals surface area contributed by atoms with Crippen molar-refractivity contribution in [3.8, 4) is 0 Å². The van der Waals surface area contributed by atoms with Crippen molar-refractivity contribution in [2.75, 3.05) is 39.2 Å². The van der Waals surface area contributed by atoms with Crippen molar-refractivity contribution in [1.82, 2.24) is 10.2 Å². The predicted molar refractivity (Wildman–Crippen MR) is 69.2 cm³/mol. The Bertz CT molecular complexity index is 186. The van der Waals surface area contributed by atoms with Crippen LogP contribution in [0.3, 0.4) is 0 Å². The zero-order chi connectivity index (χ0) is 12.0. The van der Waals surface area contributed by atoms with Gasteiger partial charge in [-0.1, -0.05) is 13.8 Å². The van der Waals surface area contributed by atoms with Crippen LogP contribution in [0.2, 0.25) is 0 Å². The van der Waals surface area contributed by atoms with Crippen LogP contribution in [0.1, 0.15) is 20.3 Å². The third-order valence-corrected chi connectivity index (χ3v) is 3.29. The third kappa shape index (κ3) is 5.48. The van der Waals surface area contributed by atoms with E-state index in [1.54, 1.807) is 0 Å². The first-order chi connectivity index (χ1) is 7.61. The molecule has 0 saturated carbocycles. The minimum absolute atomic E-state index is 0.316. The van der Waals surface area contributed by atoms with Gasteiger partial charge in [0.15, 0.2) is 0 Å². The monoisotopic (exact) mass is 248 g/mol. The second-order valence-electron chi connectivity index (χ2n) is 5.14. The van der Waals surface area contributed by atoms with Crippen LogP contribution >= 0.6 is 11.6 Å². The maximum atomic E-state index is 5.94. The summed E-state index contributed by atoms with van der Waals surface area (Å²) in [5.74, 6) is 1.37. The highest BCUT2D eigenvalue weighted by Gasteiger charge is 2.19. The van der Waals surface area contributed by atoms with Crippen LogP contribution in [0.4, 0.5) is 0 Å². The first-order valence-electron chi connectivity index (χ1n) is 6.21. The molecule has 1 aliphatic rings. The average molecular weight is 249 g/mol. The topological polar surface area (TPSA) is 24.5 Å². The maximum absolute atomic E-state index is 5.94. The number of ether oxygens (including phenoxy) is 1. The summed E-state index contributed by atoms with van der Waals surface area (Å²) >= 11 is 5.94. The van der Waals surface area contributed by atoms with Gasteiger partial charge in [0, 0.05) is 31.6 Å². The third-order valence-electron chi connectivity index (χ3n) is 2.92. The molecule has 1 fully saturated rings. The Kier molecular flexibility index (Phi) is 6.66. The number of alkyl halides is 1. The first kappa shape index (κ1) is 14.2. The van der Waals surface area contributed by atoms with Gasteiger partial charge in [-0.2, -0.15) is 0 Å². The van der Waals surface area contributed by atoms with Crippen LogP contribution in [0, 0.1) is 5.92 Å². The van der Waals surface area contributed by atoms with Crippen LogP contribution in [0.5, 0.6) is 0 Å². The van der Waals surface area contributed by atoms with Crippen molar-refractivity contribution in [3.05, 3.63) is 0 Å². The molecule has 16 heavy (non-hydrogen) atoms. The highest BCUT2D eigenvalue weighted by molar-refractivity contribution is 6.18. The Morgan fingerprint density at radius 3 is 2.81 bits per heavy atom. The molecule has 0 radical (unpaired) electrons. The van der Waals surface area contributed by atoms with Gasteiger partial charge in [0.2, 0.25) is 0 Å². The Balaban J connectivity index is 2.20. The number of nitrogens with one attached hydrogen (secondary N) is 1. The van der Waals surface area contributed by atoms with E-state index in [4.69, 9.17) is 16.3 Å². The number of rotatable bonds is 6. The first-order valence-corrected chi connectivity index (χ1v) is 6.74. The number of likely N-dealkylation sites (N-methyl/N-ethyl adjacent to an activating group) is 1. The van der Waals surface area contributed by atoms with E-state index in [0.717, 1.165) is 32.7 Å². The molecule has 4 heteroatoms. The highest BCUT2D eigenvalue weighted by Crippen LogP contribution is 2.07. The van der Waals surface area contributed by atoms with Crippen molar-refractivity contribution in [1.29, 1.82) is 0 Å². The maximum Gasteiger partial charge on any atom is 0.0826 e. The number of hydrogen-bond acceptors (Lipinski definition) is 3. The second kappa shape index (κ2) is 7.49. The van der Waals surface area contributed by atoms with Crippen LogP contribution in [-0.2, 0) is 4.74 Å². The fourth-order valence-corrected chi connectivity index (χ4v) is 2.29. The Morgan fingerprint density at radius 2 is 2.25 bits per heavy atom. The molecule has 0 amide bonds. The van der Waals surface area contributed by atoms with Gasteiger partial charge in [-0.25, -0.2) is 0 Å². The minimum Gasteiger partial charge on any atom is -0.374 e. The molecule has 0 bridgehead atoms. The summed E-state index contributed by atoms with van der Waals surface area (Å²) in [6, 6.07) is 0.414. The van der Waals surface area contributed by atoms with Crippen molar-refractivity contribution in [2.45, 2.75) is 32.4 Å². The number of nitrogens with zero attached hydrogens (tertiary/aromatic N) is 1. The van der Waals surface area contributed by atoms with Crippen molar-refractivity contribution in [2.24, 2.45) is 5.92 Å². The summed E-state index contributed by atoms with van der Waals surface area (Å²) in [5, 5.41) is 3.51. The van der Waals surface area contributed by atoms with Gasteiger partial charge in [0.25, 0.3) is 0 Å². The van der Waals surface area contributed by atoms with Gasteiger partial charge >= 0.3 is 0 Å².